The summed E-state index contributed by atoms with van der Waals surface area (Å²) in [5.74, 6) is -0.479. The predicted molar refractivity (Wildman–Crippen MR) is 70.2 cm³/mol. The van der Waals surface area contributed by atoms with Crippen molar-refractivity contribution in [1.82, 2.24) is 14.6 Å². The SMILES string of the molecule is CC(C)NCCCN1C(=O)c2cccnc2S1(=O)=O. The molecule has 2 rings (SSSR count). The highest BCUT2D eigenvalue weighted by molar-refractivity contribution is 7.90. The van der Waals surface area contributed by atoms with Crippen molar-refractivity contribution in [3.05, 3.63) is 23.9 Å². The highest BCUT2D eigenvalue weighted by Gasteiger charge is 2.41. The van der Waals surface area contributed by atoms with Gasteiger partial charge in [0.1, 0.15) is 0 Å². The summed E-state index contributed by atoms with van der Waals surface area (Å²) < 4.78 is 25.2. The van der Waals surface area contributed by atoms with E-state index < -0.39 is 15.9 Å². The van der Waals surface area contributed by atoms with E-state index in [2.05, 4.69) is 10.3 Å². The standard InChI is InChI=1S/C12H17N3O3S/c1-9(2)13-7-4-8-15-12(16)10-5-3-6-14-11(10)19(15,17)18/h3,5-6,9,13H,4,7-8H2,1-2H3. The van der Waals surface area contributed by atoms with Crippen LogP contribution in [0.2, 0.25) is 0 Å². The molecule has 1 aliphatic rings. The first-order valence-electron chi connectivity index (χ1n) is 6.20. The van der Waals surface area contributed by atoms with Gasteiger partial charge in [-0.15, -0.1) is 0 Å². The maximum atomic E-state index is 12.1. The summed E-state index contributed by atoms with van der Waals surface area (Å²) in [6.45, 7) is 4.87. The van der Waals surface area contributed by atoms with Crippen LogP contribution in [0.3, 0.4) is 0 Å². The lowest BCUT2D eigenvalue weighted by Crippen LogP contribution is -2.33. The molecule has 0 bridgehead atoms. The van der Waals surface area contributed by atoms with E-state index in [0.717, 1.165) is 4.31 Å². The number of aromatic nitrogens is 1. The number of carbonyl (C=O) groups excluding carboxylic acids is 1. The molecule has 0 aromatic carbocycles. The van der Waals surface area contributed by atoms with Gasteiger partial charge in [0, 0.05) is 18.8 Å². The number of carbonyl (C=O) groups is 1. The molecule has 0 saturated carbocycles. The second-order valence-corrected chi connectivity index (χ2v) is 6.48. The summed E-state index contributed by atoms with van der Waals surface area (Å²) in [7, 11) is -3.75. The van der Waals surface area contributed by atoms with Crippen molar-refractivity contribution in [1.29, 1.82) is 0 Å². The molecule has 0 atom stereocenters. The third kappa shape index (κ3) is 2.62. The van der Waals surface area contributed by atoms with Crippen molar-refractivity contribution in [3.63, 3.8) is 0 Å². The molecule has 0 spiro atoms. The Morgan fingerprint density at radius 3 is 2.79 bits per heavy atom. The number of hydrogen-bond donors (Lipinski definition) is 1. The Morgan fingerprint density at radius 1 is 1.42 bits per heavy atom. The lowest BCUT2D eigenvalue weighted by atomic mass is 10.2. The average molecular weight is 283 g/mol. The topological polar surface area (TPSA) is 79.4 Å². The Kier molecular flexibility index (Phi) is 3.86. The number of fused-ring (bicyclic) bond motifs is 1. The van der Waals surface area contributed by atoms with Crippen molar-refractivity contribution in [3.8, 4) is 0 Å². The van der Waals surface area contributed by atoms with Crippen LogP contribution < -0.4 is 5.32 Å². The fourth-order valence-corrected chi connectivity index (χ4v) is 3.46. The van der Waals surface area contributed by atoms with Gasteiger partial charge in [0.25, 0.3) is 15.9 Å². The number of sulfonamides is 1. The number of nitrogens with zero attached hydrogens (tertiary/aromatic N) is 2. The van der Waals surface area contributed by atoms with Crippen molar-refractivity contribution < 1.29 is 13.2 Å². The molecule has 104 valence electrons. The van der Waals surface area contributed by atoms with Gasteiger partial charge in [-0.2, -0.15) is 8.42 Å². The third-order valence-corrected chi connectivity index (χ3v) is 4.60. The van der Waals surface area contributed by atoms with Gasteiger partial charge in [-0.1, -0.05) is 13.8 Å². The lowest BCUT2D eigenvalue weighted by Gasteiger charge is -2.15. The molecule has 1 aliphatic heterocycles. The summed E-state index contributed by atoms with van der Waals surface area (Å²) in [5, 5.41) is 3.06. The lowest BCUT2D eigenvalue weighted by molar-refractivity contribution is 0.0870. The van der Waals surface area contributed by atoms with Crippen molar-refractivity contribution in [2.75, 3.05) is 13.1 Å². The zero-order chi connectivity index (χ0) is 14.0. The molecule has 1 N–H and O–H groups in total. The Balaban J connectivity index is 2.10. The van der Waals surface area contributed by atoms with Crippen molar-refractivity contribution >= 4 is 15.9 Å². The van der Waals surface area contributed by atoms with Crippen LogP contribution in [0.1, 0.15) is 30.6 Å². The van der Waals surface area contributed by atoms with Crippen LogP contribution >= 0.6 is 0 Å². The Labute approximate surface area is 112 Å². The summed E-state index contributed by atoms with van der Waals surface area (Å²) >= 11 is 0. The molecule has 0 unspecified atom stereocenters. The maximum absolute atomic E-state index is 12.1. The van der Waals surface area contributed by atoms with E-state index in [1.807, 2.05) is 13.8 Å². The van der Waals surface area contributed by atoms with E-state index in [0.29, 0.717) is 19.0 Å². The van der Waals surface area contributed by atoms with Crippen LogP contribution in [0.4, 0.5) is 0 Å². The zero-order valence-corrected chi connectivity index (χ0v) is 11.8. The molecule has 1 amide bonds. The minimum absolute atomic E-state index is 0.128. The van der Waals surface area contributed by atoms with E-state index in [1.54, 1.807) is 6.07 Å². The fraction of sp³-hybridized carbons (Fsp3) is 0.500. The van der Waals surface area contributed by atoms with Gasteiger partial charge in [0.15, 0.2) is 5.03 Å². The first kappa shape index (κ1) is 14.0. The molecular formula is C12H17N3O3S. The first-order chi connectivity index (χ1) is 8.94. The van der Waals surface area contributed by atoms with E-state index in [-0.39, 0.29) is 17.1 Å². The number of pyridine rings is 1. The second kappa shape index (κ2) is 5.26. The van der Waals surface area contributed by atoms with Crippen LogP contribution in [-0.4, -0.2) is 42.7 Å². The molecule has 0 radical (unpaired) electrons. The maximum Gasteiger partial charge on any atom is 0.285 e. The minimum Gasteiger partial charge on any atom is -0.314 e. The normalized spacial score (nSPS) is 17.0. The largest absolute Gasteiger partial charge is 0.314 e. The second-order valence-electron chi connectivity index (χ2n) is 4.70. The van der Waals surface area contributed by atoms with Gasteiger partial charge in [-0.05, 0) is 25.1 Å². The molecule has 0 aliphatic carbocycles. The zero-order valence-electron chi connectivity index (χ0n) is 11.0. The number of nitrogens with one attached hydrogen (secondary N) is 1. The summed E-state index contributed by atoms with van der Waals surface area (Å²) in [6, 6.07) is 3.40. The number of rotatable bonds is 5. The van der Waals surface area contributed by atoms with Crippen molar-refractivity contribution in [2.45, 2.75) is 31.3 Å². The predicted octanol–water partition coefficient (Wildman–Crippen LogP) is 0.614. The molecule has 0 fully saturated rings. The molecule has 6 nitrogen and oxygen atoms in total. The van der Waals surface area contributed by atoms with Gasteiger partial charge in [-0.3, -0.25) is 4.79 Å². The highest BCUT2D eigenvalue weighted by atomic mass is 32.2. The number of amides is 1. The third-order valence-electron chi connectivity index (χ3n) is 2.85. The number of hydrogen-bond acceptors (Lipinski definition) is 5. The monoisotopic (exact) mass is 283 g/mol. The van der Waals surface area contributed by atoms with E-state index in [4.69, 9.17) is 0 Å². The Bertz CT molecular complexity index is 584. The van der Waals surface area contributed by atoms with Crippen LogP contribution in [0, 0.1) is 0 Å². The van der Waals surface area contributed by atoms with Crippen LogP contribution in [0.5, 0.6) is 0 Å². The molecular weight excluding hydrogens is 266 g/mol. The summed E-state index contributed by atoms with van der Waals surface area (Å²) in [6.07, 6.45) is 1.96. The minimum atomic E-state index is -3.75. The molecule has 2 heterocycles. The van der Waals surface area contributed by atoms with Crippen LogP contribution in [0.25, 0.3) is 0 Å². The quantitative estimate of drug-likeness (QED) is 0.801. The summed E-state index contributed by atoms with van der Waals surface area (Å²) in [5.41, 5.74) is 0.166. The van der Waals surface area contributed by atoms with E-state index in [9.17, 15) is 13.2 Å². The Morgan fingerprint density at radius 2 is 2.16 bits per heavy atom. The van der Waals surface area contributed by atoms with E-state index >= 15 is 0 Å². The smallest absolute Gasteiger partial charge is 0.285 e. The van der Waals surface area contributed by atoms with Gasteiger partial charge in [0.2, 0.25) is 0 Å². The highest BCUT2D eigenvalue weighted by Crippen LogP contribution is 2.27. The fourth-order valence-electron chi connectivity index (χ4n) is 1.94. The van der Waals surface area contributed by atoms with Crippen LogP contribution in [0.15, 0.2) is 23.4 Å². The molecule has 1 aromatic heterocycles. The van der Waals surface area contributed by atoms with Gasteiger partial charge in [0.05, 0.1) is 5.56 Å². The van der Waals surface area contributed by atoms with Gasteiger partial charge >= 0.3 is 0 Å². The van der Waals surface area contributed by atoms with Crippen LogP contribution in [-0.2, 0) is 10.0 Å². The first-order valence-corrected chi connectivity index (χ1v) is 7.64. The van der Waals surface area contributed by atoms with Crippen molar-refractivity contribution in [2.24, 2.45) is 0 Å². The molecule has 19 heavy (non-hydrogen) atoms. The Hall–Kier alpha value is -1.47. The van der Waals surface area contributed by atoms with Gasteiger partial charge < -0.3 is 5.32 Å². The molecule has 1 aromatic rings. The molecule has 7 heteroatoms. The van der Waals surface area contributed by atoms with E-state index in [1.165, 1.54) is 12.3 Å². The molecule has 0 saturated heterocycles. The summed E-state index contributed by atoms with van der Waals surface area (Å²) in [4.78, 5) is 15.8. The van der Waals surface area contributed by atoms with Gasteiger partial charge in [-0.25, -0.2) is 9.29 Å². The average Bonchev–Trinajstić information content (AvgIpc) is 2.55.